The van der Waals surface area contributed by atoms with Crippen LogP contribution in [0.3, 0.4) is 0 Å². The Morgan fingerprint density at radius 3 is 2.72 bits per heavy atom. The topological polar surface area (TPSA) is 96.0 Å². The van der Waals surface area contributed by atoms with Crippen LogP contribution >= 0.6 is 12.4 Å². The van der Waals surface area contributed by atoms with E-state index in [9.17, 15) is 14.4 Å². The molecule has 2 atom stereocenters. The molecule has 136 valence electrons. The van der Waals surface area contributed by atoms with Crippen LogP contribution in [0, 0.1) is 0 Å². The summed E-state index contributed by atoms with van der Waals surface area (Å²) in [6.07, 6.45) is 1.97. The number of aryl methyl sites for hydroxylation is 1. The van der Waals surface area contributed by atoms with Crippen molar-refractivity contribution in [3.8, 4) is 0 Å². The monoisotopic (exact) mass is 366 g/mol. The van der Waals surface area contributed by atoms with Crippen LogP contribution in [-0.2, 0) is 11.3 Å². The average Bonchev–Trinajstić information content (AvgIpc) is 2.57. The third kappa shape index (κ3) is 4.49. The second-order valence-electron chi connectivity index (χ2n) is 6.34. The molecule has 0 saturated carbocycles. The maximum absolute atomic E-state index is 12.4. The van der Waals surface area contributed by atoms with E-state index in [2.05, 4.69) is 22.7 Å². The van der Waals surface area contributed by atoms with E-state index in [-0.39, 0.29) is 48.4 Å². The van der Waals surface area contributed by atoms with Gasteiger partial charge in [-0.25, -0.2) is 4.68 Å². The van der Waals surface area contributed by atoms with E-state index in [4.69, 9.17) is 0 Å². The van der Waals surface area contributed by atoms with Crippen molar-refractivity contribution < 1.29 is 4.79 Å². The standard InChI is InChI=1S/C17H22N4O3.ClH/c1-11-10-12(6-8-18-11)19-15(22)7-9-21-17(24)14-5-3-2-4-13(14)16(23)20-21;/h2-5,11-12,18H,6-10H2,1H3,(H,19,22)(H,20,23);1H. The Kier molecular flexibility index (Phi) is 6.39. The zero-order valence-electron chi connectivity index (χ0n) is 14.1. The molecule has 0 spiro atoms. The van der Waals surface area contributed by atoms with E-state index >= 15 is 0 Å². The fraction of sp³-hybridized carbons (Fsp3) is 0.471. The van der Waals surface area contributed by atoms with E-state index in [1.165, 1.54) is 4.68 Å². The summed E-state index contributed by atoms with van der Waals surface area (Å²) in [5.41, 5.74) is -0.605. The van der Waals surface area contributed by atoms with Gasteiger partial charge in [-0.1, -0.05) is 12.1 Å². The van der Waals surface area contributed by atoms with Gasteiger partial charge in [0.25, 0.3) is 11.1 Å². The van der Waals surface area contributed by atoms with Gasteiger partial charge in [-0.15, -0.1) is 12.4 Å². The lowest BCUT2D eigenvalue weighted by Gasteiger charge is -2.28. The van der Waals surface area contributed by atoms with Crippen molar-refractivity contribution in [3.05, 3.63) is 45.0 Å². The Balaban J connectivity index is 0.00000225. The number of nitrogens with zero attached hydrogens (tertiary/aromatic N) is 1. The molecule has 7 nitrogen and oxygen atoms in total. The van der Waals surface area contributed by atoms with Crippen LogP contribution in [0.2, 0.25) is 0 Å². The van der Waals surface area contributed by atoms with E-state index in [0.29, 0.717) is 16.8 Å². The number of rotatable bonds is 4. The number of amides is 1. The van der Waals surface area contributed by atoms with Crippen LogP contribution in [0.1, 0.15) is 26.2 Å². The van der Waals surface area contributed by atoms with Crippen LogP contribution in [0.25, 0.3) is 10.8 Å². The number of benzene rings is 1. The lowest BCUT2D eigenvalue weighted by atomic mass is 10.0. The molecule has 25 heavy (non-hydrogen) atoms. The van der Waals surface area contributed by atoms with Crippen molar-refractivity contribution in [1.29, 1.82) is 0 Å². The van der Waals surface area contributed by atoms with Gasteiger partial charge in [0.15, 0.2) is 0 Å². The van der Waals surface area contributed by atoms with E-state index in [1.807, 2.05) is 0 Å². The molecule has 0 radical (unpaired) electrons. The van der Waals surface area contributed by atoms with Crippen molar-refractivity contribution in [2.45, 2.75) is 44.8 Å². The number of H-pyrrole nitrogens is 1. The first kappa shape index (κ1) is 19.2. The molecule has 2 unspecified atom stereocenters. The maximum atomic E-state index is 12.4. The van der Waals surface area contributed by atoms with Crippen molar-refractivity contribution >= 4 is 29.1 Å². The number of hydrogen-bond acceptors (Lipinski definition) is 4. The Hall–Kier alpha value is -2.12. The Morgan fingerprint density at radius 1 is 1.28 bits per heavy atom. The van der Waals surface area contributed by atoms with Gasteiger partial charge in [-0.3, -0.25) is 19.5 Å². The lowest BCUT2D eigenvalue weighted by Crippen LogP contribution is -2.46. The van der Waals surface area contributed by atoms with Gasteiger partial charge in [-0.05, 0) is 38.4 Å². The molecular weight excluding hydrogens is 344 g/mol. The van der Waals surface area contributed by atoms with E-state index < -0.39 is 0 Å². The summed E-state index contributed by atoms with van der Waals surface area (Å²) >= 11 is 0. The molecule has 1 aliphatic rings. The first-order chi connectivity index (χ1) is 11.5. The maximum Gasteiger partial charge on any atom is 0.273 e. The fourth-order valence-corrected chi connectivity index (χ4v) is 3.18. The van der Waals surface area contributed by atoms with E-state index in [1.54, 1.807) is 24.3 Å². The molecule has 1 saturated heterocycles. The van der Waals surface area contributed by atoms with Crippen LogP contribution in [0.5, 0.6) is 0 Å². The normalized spacial score (nSPS) is 20.0. The highest BCUT2D eigenvalue weighted by molar-refractivity contribution is 5.85. The minimum absolute atomic E-state index is 0. The number of aromatic amines is 1. The predicted octanol–water partition coefficient (Wildman–Crippen LogP) is 0.758. The van der Waals surface area contributed by atoms with Gasteiger partial charge < -0.3 is 10.6 Å². The smallest absolute Gasteiger partial charge is 0.273 e. The van der Waals surface area contributed by atoms with Crippen molar-refractivity contribution in [2.24, 2.45) is 0 Å². The molecule has 1 aliphatic heterocycles. The van der Waals surface area contributed by atoms with Crippen LogP contribution in [-0.4, -0.2) is 34.3 Å². The van der Waals surface area contributed by atoms with Crippen LogP contribution in [0.4, 0.5) is 0 Å². The molecular formula is C17H23ClN4O3. The Labute approximate surface area is 151 Å². The van der Waals surface area contributed by atoms with Crippen LogP contribution < -0.4 is 21.8 Å². The van der Waals surface area contributed by atoms with Gasteiger partial charge in [0.05, 0.1) is 17.3 Å². The molecule has 0 aliphatic carbocycles. The largest absolute Gasteiger partial charge is 0.353 e. The molecule has 3 N–H and O–H groups in total. The van der Waals surface area contributed by atoms with E-state index in [0.717, 1.165) is 19.4 Å². The van der Waals surface area contributed by atoms with Crippen molar-refractivity contribution in [1.82, 2.24) is 20.4 Å². The van der Waals surface area contributed by atoms with Crippen molar-refractivity contribution in [2.75, 3.05) is 6.54 Å². The third-order valence-electron chi connectivity index (χ3n) is 4.44. The number of carbonyl (C=O) groups is 1. The molecule has 1 fully saturated rings. The predicted molar refractivity (Wildman–Crippen MR) is 99.3 cm³/mol. The summed E-state index contributed by atoms with van der Waals surface area (Å²) in [7, 11) is 0. The number of nitrogens with one attached hydrogen (secondary N) is 3. The highest BCUT2D eigenvalue weighted by Crippen LogP contribution is 2.08. The first-order valence-electron chi connectivity index (χ1n) is 8.29. The van der Waals surface area contributed by atoms with Gasteiger partial charge in [0, 0.05) is 18.5 Å². The summed E-state index contributed by atoms with van der Waals surface area (Å²) in [6, 6.07) is 7.24. The third-order valence-corrected chi connectivity index (χ3v) is 4.44. The summed E-state index contributed by atoms with van der Waals surface area (Å²) in [4.78, 5) is 36.5. The quantitative estimate of drug-likeness (QED) is 0.744. The number of fused-ring (bicyclic) bond motifs is 1. The summed E-state index contributed by atoms with van der Waals surface area (Å²) in [5.74, 6) is -0.102. The number of hydrogen-bond donors (Lipinski definition) is 3. The SMILES string of the molecule is CC1CC(NC(=O)CCn2[nH]c(=O)c3ccccc3c2=O)CCN1.Cl. The molecule has 2 aromatic rings. The molecule has 1 aromatic heterocycles. The number of aromatic nitrogens is 2. The highest BCUT2D eigenvalue weighted by Gasteiger charge is 2.19. The molecule has 3 rings (SSSR count). The minimum Gasteiger partial charge on any atom is -0.353 e. The second kappa shape index (κ2) is 8.31. The van der Waals surface area contributed by atoms with Gasteiger partial charge in [0.2, 0.25) is 5.91 Å². The first-order valence-corrected chi connectivity index (χ1v) is 8.29. The Bertz CT molecular complexity index is 861. The van der Waals surface area contributed by atoms with Gasteiger partial charge >= 0.3 is 0 Å². The summed E-state index contributed by atoms with van der Waals surface area (Å²) in [6.45, 7) is 3.15. The number of carbonyl (C=O) groups excluding carboxylic acids is 1. The molecule has 1 aromatic carbocycles. The summed E-state index contributed by atoms with van der Waals surface area (Å²) in [5, 5.41) is 9.62. The molecule has 8 heteroatoms. The zero-order chi connectivity index (χ0) is 17.1. The summed E-state index contributed by atoms with van der Waals surface area (Å²) < 4.78 is 1.22. The molecule has 2 heterocycles. The van der Waals surface area contributed by atoms with Crippen LogP contribution in [0.15, 0.2) is 33.9 Å². The Morgan fingerprint density at radius 2 is 2.00 bits per heavy atom. The van der Waals surface area contributed by atoms with Crippen molar-refractivity contribution in [3.63, 3.8) is 0 Å². The van der Waals surface area contributed by atoms with Gasteiger partial charge in [-0.2, -0.15) is 0 Å². The van der Waals surface area contributed by atoms with Gasteiger partial charge in [0.1, 0.15) is 0 Å². The molecule has 0 bridgehead atoms. The second-order valence-corrected chi connectivity index (χ2v) is 6.34. The minimum atomic E-state index is -0.321. The molecule has 1 amide bonds. The highest BCUT2D eigenvalue weighted by atomic mass is 35.5. The average molecular weight is 367 g/mol. The number of halogens is 1. The lowest BCUT2D eigenvalue weighted by molar-refractivity contribution is -0.122. The number of piperidine rings is 1. The zero-order valence-corrected chi connectivity index (χ0v) is 14.9. The fourth-order valence-electron chi connectivity index (χ4n) is 3.18.